The van der Waals surface area contributed by atoms with Gasteiger partial charge in [0.15, 0.2) is 0 Å². The number of nitrogens with one attached hydrogen (secondary N) is 1. The number of nitrogens with zero attached hydrogens (tertiary/aromatic N) is 1. The van der Waals surface area contributed by atoms with Gasteiger partial charge in [-0.1, -0.05) is 17.7 Å². The molecule has 0 aliphatic rings. The molecular formula is C15H13ClN2OS. The zero-order valence-corrected chi connectivity index (χ0v) is 12.3. The van der Waals surface area contributed by atoms with Crippen LogP contribution in [0.2, 0.25) is 5.02 Å². The Balaban J connectivity index is 1.82. The summed E-state index contributed by atoms with van der Waals surface area (Å²) in [6, 6.07) is 10.9. The Hall–Kier alpha value is -1.83. The lowest BCUT2D eigenvalue weighted by atomic mass is 10.2. The first-order chi connectivity index (χ1) is 9.69. The first-order valence-corrected chi connectivity index (χ1v) is 7.46. The van der Waals surface area contributed by atoms with Gasteiger partial charge in [0.05, 0.1) is 10.6 Å². The fourth-order valence-corrected chi connectivity index (χ4v) is 2.76. The molecule has 1 aromatic carbocycles. The van der Waals surface area contributed by atoms with Crippen molar-refractivity contribution in [2.24, 2.45) is 0 Å². The zero-order chi connectivity index (χ0) is 14.4. The third kappa shape index (κ3) is 4.09. The monoisotopic (exact) mass is 304 g/mol. The Morgan fingerprint density at radius 1 is 1.40 bits per heavy atom. The molecule has 0 fully saturated rings. The number of nitriles is 1. The fraction of sp³-hybridized carbons (Fsp3) is 0.200. The highest BCUT2D eigenvalue weighted by atomic mass is 35.5. The van der Waals surface area contributed by atoms with Crippen LogP contribution in [0.25, 0.3) is 0 Å². The predicted molar refractivity (Wildman–Crippen MR) is 82.1 cm³/mol. The first kappa shape index (κ1) is 14.6. The summed E-state index contributed by atoms with van der Waals surface area (Å²) in [5, 5.41) is 13.9. The van der Waals surface area contributed by atoms with E-state index in [0.29, 0.717) is 22.7 Å². The molecule has 5 heteroatoms. The predicted octanol–water partition coefficient (Wildman–Crippen LogP) is 4.23. The van der Waals surface area contributed by atoms with Crippen molar-refractivity contribution in [2.75, 3.05) is 5.32 Å². The van der Waals surface area contributed by atoms with Gasteiger partial charge < -0.3 is 5.32 Å². The van der Waals surface area contributed by atoms with Crippen LogP contribution < -0.4 is 5.32 Å². The molecule has 0 spiro atoms. The number of hydrogen-bond acceptors (Lipinski definition) is 3. The van der Waals surface area contributed by atoms with Gasteiger partial charge in [0, 0.05) is 17.0 Å². The van der Waals surface area contributed by atoms with Gasteiger partial charge in [-0.05, 0) is 42.5 Å². The average Bonchev–Trinajstić information content (AvgIpc) is 2.92. The van der Waals surface area contributed by atoms with Crippen molar-refractivity contribution in [3.05, 3.63) is 51.2 Å². The molecule has 0 unspecified atom stereocenters. The number of carbonyl (C=O) groups excluding carboxylic acids is 1. The van der Waals surface area contributed by atoms with Gasteiger partial charge in [-0.2, -0.15) is 5.26 Å². The molecule has 1 amide bonds. The molecule has 2 rings (SSSR count). The van der Waals surface area contributed by atoms with E-state index in [2.05, 4.69) is 11.4 Å². The van der Waals surface area contributed by atoms with E-state index in [9.17, 15) is 4.79 Å². The van der Waals surface area contributed by atoms with Gasteiger partial charge in [-0.15, -0.1) is 11.3 Å². The maximum atomic E-state index is 11.8. The van der Waals surface area contributed by atoms with Crippen LogP contribution in [0.3, 0.4) is 0 Å². The number of carbonyl (C=O) groups is 1. The van der Waals surface area contributed by atoms with Crippen molar-refractivity contribution in [2.45, 2.75) is 19.3 Å². The molecule has 0 aliphatic carbocycles. The van der Waals surface area contributed by atoms with E-state index in [-0.39, 0.29) is 5.91 Å². The number of thiophene rings is 1. The highest BCUT2D eigenvalue weighted by Crippen LogP contribution is 2.20. The van der Waals surface area contributed by atoms with E-state index in [1.807, 2.05) is 17.5 Å². The summed E-state index contributed by atoms with van der Waals surface area (Å²) in [7, 11) is 0. The first-order valence-electron chi connectivity index (χ1n) is 6.21. The fourth-order valence-electron chi connectivity index (χ4n) is 1.79. The molecular weight excluding hydrogens is 292 g/mol. The molecule has 0 aliphatic heterocycles. The molecule has 3 nitrogen and oxygen atoms in total. The Bertz CT molecular complexity index is 632. The van der Waals surface area contributed by atoms with Crippen LogP contribution >= 0.6 is 22.9 Å². The average molecular weight is 305 g/mol. The van der Waals surface area contributed by atoms with E-state index >= 15 is 0 Å². The van der Waals surface area contributed by atoms with Gasteiger partial charge in [0.25, 0.3) is 0 Å². The Kier molecular flexibility index (Phi) is 5.16. The topological polar surface area (TPSA) is 52.9 Å². The normalized spacial score (nSPS) is 10.0. The number of halogens is 1. The summed E-state index contributed by atoms with van der Waals surface area (Å²) in [4.78, 5) is 13.1. The summed E-state index contributed by atoms with van der Waals surface area (Å²) in [5.74, 6) is -0.0395. The van der Waals surface area contributed by atoms with Crippen LogP contribution in [0, 0.1) is 11.3 Å². The molecule has 0 atom stereocenters. The van der Waals surface area contributed by atoms with Gasteiger partial charge in [-0.25, -0.2) is 0 Å². The quantitative estimate of drug-likeness (QED) is 0.898. The van der Waals surface area contributed by atoms with Crippen molar-refractivity contribution in [1.29, 1.82) is 5.26 Å². The van der Waals surface area contributed by atoms with E-state index < -0.39 is 0 Å². The summed E-state index contributed by atoms with van der Waals surface area (Å²) in [6.45, 7) is 0. The molecule has 20 heavy (non-hydrogen) atoms. The number of hydrogen-bond donors (Lipinski definition) is 1. The standard InChI is InChI=1S/C15H13ClN2OS/c16-14-9-12(7-6-11(14)10-17)18-15(19)5-1-3-13-4-2-8-20-13/h2,4,6-9H,1,3,5H2,(H,18,19). The lowest BCUT2D eigenvalue weighted by Crippen LogP contribution is -2.11. The Labute approximate surface area is 126 Å². The van der Waals surface area contributed by atoms with Crippen molar-refractivity contribution in [3.63, 3.8) is 0 Å². The molecule has 0 saturated carbocycles. The van der Waals surface area contributed by atoms with Crippen LogP contribution in [0.4, 0.5) is 5.69 Å². The van der Waals surface area contributed by atoms with E-state index in [1.165, 1.54) is 4.88 Å². The third-order valence-corrected chi connectivity index (χ3v) is 4.03. The second kappa shape index (κ2) is 7.09. The Morgan fingerprint density at radius 3 is 2.90 bits per heavy atom. The van der Waals surface area contributed by atoms with Crippen molar-refractivity contribution < 1.29 is 4.79 Å². The lowest BCUT2D eigenvalue weighted by molar-refractivity contribution is -0.116. The molecule has 0 bridgehead atoms. The van der Waals surface area contributed by atoms with Crippen LogP contribution in [0.1, 0.15) is 23.3 Å². The van der Waals surface area contributed by atoms with Crippen LogP contribution in [0.5, 0.6) is 0 Å². The van der Waals surface area contributed by atoms with Crippen LogP contribution in [0.15, 0.2) is 35.7 Å². The second-order valence-corrected chi connectivity index (χ2v) is 5.73. The van der Waals surface area contributed by atoms with E-state index in [4.69, 9.17) is 16.9 Å². The SMILES string of the molecule is N#Cc1ccc(NC(=O)CCCc2cccs2)cc1Cl. The highest BCUT2D eigenvalue weighted by molar-refractivity contribution is 7.09. The minimum atomic E-state index is -0.0395. The summed E-state index contributed by atoms with van der Waals surface area (Å²) < 4.78 is 0. The minimum absolute atomic E-state index is 0.0395. The maximum absolute atomic E-state index is 11.8. The molecule has 1 heterocycles. The summed E-state index contributed by atoms with van der Waals surface area (Å²) in [6.07, 6.45) is 2.20. The maximum Gasteiger partial charge on any atom is 0.224 e. The zero-order valence-electron chi connectivity index (χ0n) is 10.7. The molecule has 2 aromatic rings. The number of amides is 1. The number of aryl methyl sites for hydroxylation is 1. The number of benzene rings is 1. The summed E-state index contributed by atoms with van der Waals surface area (Å²) in [5.41, 5.74) is 1.03. The second-order valence-electron chi connectivity index (χ2n) is 4.29. The van der Waals surface area contributed by atoms with E-state index in [0.717, 1.165) is 12.8 Å². The molecule has 1 N–H and O–H groups in total. The van der Waals surface area contributed by atoms with Crippen LogP contribution in [-0.2, 0) is 11.2 Å². The van der Waals surface area contributed by atoms with Crippen molar-refractivity contribution in [3.8, 4) is 6.07 Å². The van der Waals surface area contributed by atoms with Gasteiger partial charge in [-0.3, -0.25) is 4.79 Å². The molecule has 102 valence electrons. The van der Waals surface area contributed by atoms with Crippen LogP contribution in [-0.4, -0.2) is 5.91 Å². The Morgan fingerprint density at radius 2 is 2.25 bits per heavy atom. The molecule has 0 radical (unpaired) electrons. The number of anilines is 1. The minimum Gasteiger partial charge on any atom is -0.326 e. The van der Waals surface area contributed by atoms with E-state index in [1.54, 1.807) is 29.5 Å². The summed E-state index contributed by atoms with van der Waals surface area (Å²) >= 11 is 7.62. The lowest BCUT2D eigenvalue weighted by Gasteiger charge is -2.06. The molecule has 1 aromatic heterocycles. The number of rotatable bonds is 5. The van der Waals surface area contributed by atoms with Gasteiger partial charge in [0.2, 0.25) is 5.91 Å². The van der Waals surface area contributed by atoms with Crippen molar-refractivity contribution in [1.82, 2.24) is 0 Å². The van der Waals surface area contributed by atoms with Crippen molar-refractivity contribution >= 4 is 34.5 Å². The molecule has 0 saturated heterocycles. The van der Waals surface area contributed by atoms with Gasteiger partial charge in [0.1, 0.15) is 6.07 Å². The van der Waals surface area contributed by atoms with Gasteiger partial charge >= 0.3 is 0 Å². The largest absolute Gasteiger partial charge is 0.326 e. The third-order valence-electron chi connectivity index (χ3n) is 2.78. The highest BCUT2D eigenvalue weighted by Gasteiger charge is 2.05. The smallest absolute Gasteiger partial charge is 0.224 e.